The Kier molecular flexibility index (Phi) is 12.1. The normalized spacial score (nSPS) is 18.3. The van der Waals surface area contributed by atoms with Crippen LogP contribution in [0.4, 0.5) is 25.1 Å². The third-order valence-electron chi connectivity index (χ3n) is 13.3. The lowest BCUT2D eigenvalue weighted by molar-refractivity contribution is -0.120. The predicted octanol–water partition coefficient (Wildman–Crippen LogP) is 7.80. The van der Waals surface area contributed by atoms with E-state index in [-0.39, 0.29) is 66.7 Å². The summed E-state index contributed by atoms with van der Waals surface area (Å²) in [6, 6.07) is 21.4. The summed E-state index contributed by atoms with van der Waals surface area (Å²) in [4.78, 5) is 58.9. The Morgan fingerprint density at radius 1 is 0.924 bits per heavy atom. The standard InChI is InChI=1S/C49H50F2N8O7/c1-4-65-42-26-32(10-13-40(42)64-3)37(14-20-52)59-46(61)34-6-5-7-38(44(34)47(59)62)57-24-18-49(51,19-25-57)29-56-21-15-31(16-22-56)30-8-11-33(12-9-30)66-41-28-39-35(27-36(41)50)45(54-55(39)2)58-23-17-43(60)53-48(58)63/h5-13,26-28,31,37H,4,14-19,21-25,29H2,1-3H3,(H,53,60,63)/t37-/m1/s1. The molecule has 4 aliphatic heterocycles. The van der Waals surface area contributed by atoms with Crippen LogP contribution >= 0.6 is 0 Å². The molecule has 17 heteroatoms. The summed E-state index contributed by atoms with van der Waals surface area (Å²) < 4.78 is 50.7. The average molecular weight is 901 g/mol. The van der Waals surface area contributed by atoms with Crippen LogP contribution in [0, 0.1) is 17.1 Å². The molecule has 0 radical (unpaired) electrons. The minimum Gasteiger partial charge on any atom is -0.493 e. The third kappa shape index (κ3) is 8.37. The minimum absolute atomic E-state index is 0.00758. The van der Waals surface area contributed by atoms with E-state index in [0.29, 0.717) is 65.6 Å². The molecule has 0 spiro atoms. The van der Waals surface area contributed by atoms with Crippen LogP contribution in [0.25, 0.3) is 10.9 Å². The summed E-state index contributed by atoms with van der Waals surface area (Å²) >= 11 is 0. The molecule has 0 aliphatic carbocycles. The van der Waals surface area contributed by atoms with E-state index in [9.17, 15) is 24.4 Å². The highest BCUT2D eigenvalue weighted by Crippen LogP contribution is 2.42. The molecule has 0 unspecified atom stereocenters. The number of nitrogens with one attached hydrogen (secondary N) is 1. The fourth-order valence-electron chi connectivity index (χ4n) is 9.80. The number of fused-ring (bicyclic) bond motifs is 2. The highest BCUT2D eigenvalue weighted by molar-refractivity contribution is 6.24. The number of carbonyl (C=O) groups is 4. The average Bonchev–Trinajstić information content (AvgIpc) is 3.76. The van der Waals surface area contributed by atoms with Crippen LogP contribution in [-0.2, 0) is 11.8 Å². The van der Waals surface area contributed by atoms with Crippen molar-refractivity contribution in [2.24, 2.45) is 7.05 Å². The van der Waals surface area contributed by atoms with Gasteiger partial charge in [-0.15, -0.1) is 0 Å². The number of methoxy groups -OCH3 is 1. The number of hydrogen-bond acceptors (Lipinski definition) is 11. The molecule has 0 saturated carbocycles. The van der Waals surface area contributed by atoms with Crippen molar-refractivity contribution in [3.8, 4) is 29.1 Å². The van der Waals surface area contributed by atoms with E-state index >= 15 is 8.78 Å². The van der Waals surface area contributed by atoms with Gasteiger partial charge in [0, 0.05) is 63.9 Å². The number of rotatable bonds is 13. The van der Waals surface area contributed by atoms with Crippen LogP contribution in [0.3, 0.4) is 0 Å². The fraction of sp³-hybridized carbons (Fsp3) is 0.388. The summed E-state index contributed by atoms with van der Waals surface area (Å²) in [5.41, 5.74) is 1.96. The number of nitriles is 1. The molecular formula is C49H50F2N8O7. The fourth-order valence-corrected chi connectivity index (χ4v) is 9.80. The zero-order valence-electron chi connectivity index (χ0n) is 37.0. The molecule has 15 nitrogen and oxygen atoms in total. The number of piperidine rings is 2. The lowest BCUT2D eigenvalue weighted by atomic mass is 9.87. The molecule has 0 bridgehead atoms. The summed E-state index contributed by atoms with van der Waals surface area (Å²) in [6.07, 6.45) is 2.23. The summed E-state index contributed by atoms with van der Waals surface area (Å²) in [7, 11) is 3.21. The summed E-state index contributed by atoms with van der Waals surface area (Å²) in [5.74, 6) is -0.0216. The van der Waals surface area contributed by atoms with Crippen molar-refractivity contribution in [2.45, 2.75) is 63.1 Å². The number of amides is 5. The zero-order chi connectivity index (χ0) is 46.3. The third-order valence-corrected chi connectivity index (χ3v) is 13.3. The highest BCUT2D eigenvalue weighted by Gasteiger charge is 2.44. The van der Waals surface area contributed by atoms with Crippen molar-refractivity contribution in [1.82, 2.24) is 24.9 Å². The number of nitrogens with zero attached hydrogens (tertiary/aromatic N) is 7. The first kappa shape index (κ1) is 44.2. The maximum atomic E-state index is 16.6. The van der Waals surface area contributed by atoms with Gasteiger partial charge in [-0.2, -0.15) is 10.4 Å². The molecule has 5 heterocycles. The van der Waals surface area contributed by atoms with Gasteiger partial charge in [-0.25, -0.2) is 13.6 Å². The van der Waals surface area contributed by atoms with Crippen LogP contribution in [-0.4, -0.2) is 102 Å². The number of likely N-dealkylation sites (tertiary alicyclic amines) is 1. The van der Waals surface area contributed by atoms with Crippen molar-refractivity contribution in [2.75, 3.05) is 62.8 Å². The minimum atomic E-state index is -1.42. The Labute approximate surface area is 380 Å². The molecule has 9 rings (SSSR count). The number of benzene rings is 4. The Bertz CT molecular complexity index is 2760. The number of aryl methyl sites for hydroxylation is 1. The number of urea groups is 1. The molecule has 4 aromatic carbocycles. The maximum absolute atomic E-state index is 16.6. The van der Waals surface area contributed by atoms with Crippen molar-refractivity contribution >= 4 is 46.2 Å². The number of aromatic nitrogens is 2. The van der Waals surface area contributed by atoms with Crippen LogP contribution in [0.15, 0.2) is 72.8 Å². The molecule has 3 fully saturated rings. The van der Waals surface area contributed by atoms with Crippen LogP contribution in [0.5, 0.6) is 23.0 Å². The number of alkyl halides is 1. The van der Waals surface area contributed by atoms with Crippen LogP contribution < -0.4 is 29.3 Å². The molecule has 5 aromatic rings. The van der Waals surface area contributed by atoms with E-state index in [4.69, 9.17) is 14.2 Å². The van der Waals surface area contributed by atoms with Crippen LogP contribution in [0.2, 0.25) is 0 Å². The highest BCUT2D eigenvalue weighted by atomic mass is 19.1. The smallest absolute Gasteiger partial charge is 0.329 e. The van der Waals surface area contributed by atoms with E-state index in [1.165, 1.54) is 18.1 Å². The molecule has 1 N–H and O–H groups in total. The van der Waals surface area contributed by atoms with Gasteiger partial charge in [0.05, 0.1) is 54.6 Å². The van der Waals surface area contributed by atoms with E-state index in [1.54, 1.807) is 48.1 Å². The van der Waals surface area contributed by atoms with Gasteiger partial charge in [-0.3, -0.25) is 34.2 Å². The van der Waals surface area contributed by atoms with Gasteiger partial charge in [-0.1, -0.05) is 24.3 Å². The summed E-state index contributed by atoms with van der Waals surface area (Å²) in [6.45, 7) is 4.87. The van der Waals surface area contributed by atoms with E-state index in [0.717, 1.165) is 36.4 Å². The topological polar surface area (TPSA) is 163 Å². The largest absolute Gasteiger partial charge is 0.493 e. The Morgan fingerprint density at radius 2 is 1.68 bits per heavy atom. The first-order valence-electron chi connectivity index (χ1n) is 22.3. The monoisotopic (exact) mass is 900 g/mol. The van der Waals surface area contributed by atoms with Gasteiger partial charge in [0.1, 0.15) is 11.4 Å². The predicted molar refractivity (Wildman–Crippen MR) is 240 cm³/mol. The van der Waals surface area contributed by atoms with E-state index in [1.807, 2.05) is 42.2 Å². The number of ether oxygens (including phenoxy) is 3. The Balaban J connectivity index is 0.797. The van der Waals surface area contributed by atoms with Gasteiger partial charge >= 0.3 is 6.03 Å². The molecule has 1 atom stereocenters. The van der Waals surface area contributed by atoms with Gasteiger partial charge in [0.2, 0.25) is 5.91 Å². The molecule has 4 aliphatic rings. The molecule has 3 saturated heterocycles. The molecule has 66 heavy (non-hydrogen) atoms. The van der Waals surface area contributed by atoms with Crippen molar-refractivity contribution < 1.29 is 42.2 Å². The number of carbonyl (C=O) groups excluding carboxylic acids is 4. The number of hydrogen-bond donors (Lipinski definition) is 1. The SMILES string of the molecule is CCOc1cc([C@@H](CC#N)N2C(=O)c3cccc(N4CCC(F)(CN5CCC(c6ccc(Oc7cc8c(cc7F)c(N7CCC(=O)NC7=O)nn8C)cc6)CC5)CC4)c3C2=O)ccc1OC. The number of halogens is 2. The Morgan fingerprint density at radius 3 is 2.38 bits per heavy atom. The lowest BCUT2D eigenvalue weighted by Gasteiger charge is -2.42. The molecule has 342 valence electrons. The summed E-state index contributed by atoms with van der Waals surface area (Å²) in [5, 5.41) is 16.9. The lowest BCUT2D eigenvalue weighted by Crippen LogP contribution is -2.50. The van der Waals surface area contributed by atoms with Crippen LogP contribution in [0.1, 0.15) is 89.3 Å². The first-order valence-corrected chi connectivity index (χ1v) is 22.3. The quantitative estimate of drug-likeness (QED) is 0.115. The Hall–Kier alpha value is -7.06. The first-order chi connectivity index (χ1) is 31.9. The van der Waals surface area contributed by atoms with E-state index < -0.39 is 35.4 Å². The molecule has 1 aromatic heterocycles. The van der Waals surface area contributed by atoms with Crippen molar-refractivity contribution in [3.05, 3.63) is 101 Å². The second kappa shape index (κ2) is 18.1. The second-order valence-corrected chi connectivity index (χ2v) is 17.3. The van der Waals surface area contributed by atoms with Gasteiger partial charge in [0.15, 0.2) is 28.9 Å². The van der Waals surface area contributed by atoms with Gasteiger partial charge < -0.3 is 24.0 Å². The van der Waals surface area contributed by atoms with Crippen molar-refractivity contribution in [3.63, 3.8) is 0 Å². The number of anilines is 2. The maximum Gasteiger partial charge on any atom is 0.329 e. The van der Waals surface area contributed by atoms with Gasteiger partial charge in [-0.05, 0) is 92.4 Å². The van der Waals surface area contributed by atoms with Crippen molar-refractivity contribution in [1.29, 1.82) is 5.26 Å². The molecule has 5 amide bonds. The van der Waals surface area contributed by atoms with E-state index in [2.05, 4.69) is 21.4 Å². The number of imide groups is 2. The van der Waals surface area contributed by atoms with Gasteiger partial charge in [0.25, 0.3) is 11.8 Å². The molecular weight excluding hydrogens is 851 g/mol. The zero-order valence-corrected chi connectivity index (χ0v) is 37.0. The second-order valence-electron chi connectivity index (χ2n) is 17.3.